The summed E-state index contributed by atoms with van der Waals surface area (Å²) >= 11 is 0. The third-order valence-corrected chi connectivity index (χ3v) is 3.53. The van der Waals surface area contributed by atoms with Gasteiger partial charge >= 0.3 is 5.97 Å². The summed E-state index contributed by atoms with van der Waals surface area (Å²) < 4.78 is 68.1. The van der Waals surface area contributed by atoms with Gasteiger partial charge in [-0.2, -0.15) is 0 Å². The Kier molecular flexibility index (Phi) is 5.56. The average Bonchev–Trinajstić information content (AvgIpc) is 2.59. The lowest BCUT2D eigenvalue weighted by Crippen LogP contribution is -2.06. The van der Waals surface area contributed by atoms with Crippen LogP contribution in [0.4, 0.5) is 22.0 Å². The van der Waals surface area contributed by atoms with E-state index < -0.39 is 46.2 Å². The Morgan fingerprint density at radius 1 is 1.04 bits per heavy atom. The topological polar surface area (TPSA) is 37.3 Å². The van der Waals surface area contributed by atoms with Crippen molar-refractivity contribution in [2.24, 2.45) is 0 Å². The monoisotopic (exact) mass is 356 g/mol. The van der Waals surface area contributed by atoms with E-state index in [2.05, 4.69) is 0 Å². The highest BCUT2D eigenvalue weighted by Gasteiger charge is 2.23. The number of benzene rings is 2. The number of rotatable bonds is 5. The third-order valence-electron chi connectivity index (χ3n) is 3.53. The van der Waals surface area contributed by atoms with E-state index in [1.807, 2.05) is 0 Å². The molecule has 25 heavy (non-hydrogen) atoms. The quantitative estimate of drug-likeness (QED) is 0.537. The van der Waals surface area contributed by atoms with Crippen LogP contribution in [0.1, 0.15) is 35.7 Å². The molecule has 0 saturated heterocycles. The average molecular weight is 356 g/mol. The number of carboxylic acids is 1. The van der Waals surface area contributed by atoms with E-state index in [0.717, 1.165) is 24.3 Å². The van der Waals surface area contributed by atoms with Crippen LogP contribution in [0.15, 0.2) is 36.2 Å². The van der Waals surface area contributed by atoms with Gasteiger partial charge in [-0.3, -0.25) is 0 Å². The molecular formula is C18H13F5O2. The molecule has 0 spiro atoms. The molecule has 0 saturated carbocycles. The molecule has 1 N–H and O–H groups in total. The van der Waals surface area contributed by atoms with E-state index in [1.54, 1.807) is 6.92 Å². The number of aromatic carboxylic acids is 1. The molecule has 7 heteroatoms. The number of hydrogen-bond donors (Lipinski definition) is 1. The largest absolute Gasteiger partial charge is 0.478 e. The molecule has 0 aliphatic rings. The molecule has 132 valence electrons. The summed E-state index contributed by atoms with van der Waals surface area (Å²) in [6, 6.07) is 4.79. The first-order valence-electron chi connectivity index (χ1n) is 7.33. The Balaban J connectivity index is 2.56. The molecule has 0 fully saturated rings. The van der Waals surface area contributed by atoms with Gasteiger partial charge in [0.25, 0.3) is 0 Å². The molecule has 0 amide bonds. The van der Waals surface area contributed by atoms with Crippen molar-refractivity contribution in [3.05, 3.63) is 64.7 Å². The van der Waals surface area contributed by atoms with Crippen molar-refractivity contribution in [3.63, 3.8) is 0 Å². The highest BCUT2D eigenvalue weighted by Crippen LogP contribution is 2.32. The maximum absolute atomic E-state index is 14.0. The second kappa shape index (κ2) is 7.46. The first-order valence-corrected chi connectivity index (χ1v) is 7.33. The third kappa shape index (κ3) is 3.70. The van der Waals surface area contributed by atoms with Crippen LogP contribution in [-0.4, -0.2) is 11.1 Å². The smallest absolute Gasteiger partial charge is 0.336 e. The van der Waals surface area contributed by atoms with E-state index in [4.69, 9.17) is 5.11 Å². The predicted molar refractivity (Wildman–Crippen MR) is 82.8 cm³/mol. The second-order valence-electron chi connectivity index (χ2n) is 5.26. The Morgan fingerprint density at radius 3 is 2.16 bits per heavy atom. The van der Waals surface area contributed by atoms with E-state index in [-0.39, 0.29) is 17.5 Å². The summed E-state index contributed by atoms with van der Waals surface area (Å²) in [6.07, 6.45) is 0.313. The summed E-state index contributed by atoms with van der Waals surface area (Å²) in [7, 11) is 0. The second-order valence-corrected chi connectivity index (χ2v) is 5.26. The Morgan fingerprint density at radius 2 is 1.64 bits per heavy atom. The van der Waals surface area contributed by atoms with Crippen molar-refractivity contribution in [2.45, 2.75) is 19.8 Å². The molecule has 0 aliphatic carbocycles. The highest BCUT2D eigenvalue weighted by atomic mass is 19.2. The van der Waals surface area contributed by atoms with Gasteiger partial charge in [0.15, 0.2) is 23.3 Å². The molecule has 0 unspecified atom stereocenters. The summed E-state index contributed by atoms with van der Waals surface area (Å²) in [5.74, 6) is -8.80. The van der Waals surface area contributed by atoms with Gasteiger partial charge in [-0.15, -0.1) is 0 Å². The van der Waals surface area contributed by atoms with Gasteiger partial charge in [-0.1, -0.05) is 31.2 Å². The molecule has 2 nitrogen and oxygen atoms in total. The van der Waals surface area contributed by atoms with Crippen molar-refractivity contribution in [2.75, 3.05) is 0 Å². The van der Waals surface area contributed by atoms with Gasteiger partial charge in [0.2, 0.25) is 0 Å². The lowest BCUT2D eigenvalue weighted by atomic mass is 9.97. The van der Waals surface area contributed by atoms with E-state index in [0.29, 0.717) is 12.5 Å². The Hall–Kier alpha value is -2.70. The lowest BCUT2D eigenvalue weighted by molar-refractivity contribution is 0.0696. The van der Waals surface area contributed by atoms with Crippen molar-refractivity contribution in [3.8, 4) is 11.1 Å². The lowest BCUT2D eigenvalue weighted by Gasteiger charge is -2.10. The van der Waals surface area contributed by atoms with Crippen molar-refractivity contribution < 1.29 is 31.9 Å². The molecule has 0 aliphatic heterocycles. The van der Waals surface area contributed by atoms with Gasteiger partial charge in [0.1, 0.15) is 5.83 Å². The van der Waals surface area contributed by atoms with E-state index in [1.165, 1.54) is 0 Å². The number of hydrogen-bond acceptors (Lipinski definition) is 1. The normalized spacial score (nSPS) is 12.1. The minimum absolute atomic E-state index is 0.0887. The van der Waals surface area contributed by atoms with Crippen molar-refractivity contribution in [1.82, 2.24) is 0 Å². The molecule has 0 aromatic heterocycles. The molecule has 0 radical (unpaired) electrons. The summed E-state index contributed by atoms with van der Waals surface area (Å²) in [5, 5.41) is 9.07. The van der Waals surface area contributed by atoms with Gasteiger partial charge in [0, 0.05) is 17.5 Å². The van der Waals surface area contributed by atoms with Crippen LogP contribution in [0, 0.1) is 17.5 Å². The molecule has 0 heterocycles. The van der Waals surface area contributed by atoms with Crippen LogP contribution in [-0.2, 0) is 0 Å². The number of allylic oxidation sites excluding steroid dienone is 1. The first kappa shape index (κ1) is 18.6. The molecule has 2 rings (SSSR count). The van der Waals surface area contributed by atoms with E-state index in [9.17, 15) is 26.7 Å². The van der Waals surface area contributed by atoms with E-state index >= 15 is 0 Å². The molecule has 0 bridgehead atoms. The predicted octanol–water partition coefficient (Wildman–Crippen LogP) is 5.88. The standard InChI is InChI=1S/C18H13F5O2/c1-2-3-12(19)15(21)10-6-4-9(5-7-10)14-11(18(24)25)8-13(20)16(22)17(14)23/h4-8H,2-3H2,1H3,(H,24,25)/b15-12+. The first-order chi connectivity index (χ1) is 11.8. The maximum atomic E-state index is 14.0. The fourth-order valence-corrected chi connectivity index (χ4v) is 2.32. The van der Waals surface area contributed by atoms with Gasteiger partial charge in [0.05, 0.1) is 5.56 Å². The zero-order chi connectivity index (χ0) is 18.7. The van der Waals surface area contributed by atoms with Gasteiger partial charge in [-0.25, -0.2) is 26.7 Å². The summed E-state index contributed by atoms with van der Waals surface area (Å²) in [4.78, 5) is 11.2. The zero-order valence-electron chi connectivity index (χ0n) is 13.0. The van der Waals surface area contributed by atoms with Crippen LogP contribution < -0.4 is 0 Å². The minimum Gasteiger partial charge on any atom is -0.478 e. The SMILES string of the molecule is CCC/C(F)=C(\F)c1ccc(-c2c(C(=O)O)cc(F)c(F)c2F)cc1. The molecule has 2 aromatic carbocycles. The molecular weight excluding hydrogens is 343 g/mol. The van der Waals surface area contributed by atoms with Crippen molar-refractivity contribution >= 4 is 11.8 Å². The fraction of sp³-hybridized carbons (Fsp3) is 0.167. The summed E-state index contributed by atoms with van der Waals surface area (Å²) in [5.41, 5.74) is -1.69. The summed E-state index contributed by atoms with van der Waals surface area (Å²) in [6.45, 7) is 1.68. The minimum atomic E-state index is -1.82. The molecule has 2 aromatic rings. The highest BCUT2D eigenvalue weighted by molar-refractivity contribution is 5.96. The van der Waals surface area contributed by atoms with Crippen LogP contribution >= 0.6 is 0 Å². The molecule has 0 atom stereocenters. The van der Waals surface area contributed by atoms with Gasteiger partial charge in [-0.05, 0) is 18.1 Å². The maximum Gasteiger partial charge on any atom is 0.336 e. The van der Waals surface area contributed by atoms with Crippen LogP contribution in [0.25, 0.3) is 17.0 Å². The van der Waals surface area contributed by atoms with Crippen LogP contribution in [0.5, 0.6) is 0 Å². The number of carbonyl (C=O) groups is 1. The van der Waals surface area contributed by atoms with Crippen LogP contribution in [0.3, 0.4) is 0 Å². The Labute approximate surface area is 140 Å². The van der Waals surface area contributed by atoms with Gasteiger partial charge < -0.3 is 5.11 Å². The fourth-order valence-electron chi connectivity index (χ4n) is 2.32. The van der Waals surface area contributed by atoms with Crippen LogP contribution in [0.2, 0.25) is 0 Å². The number of carboxylic acid groups (broad SMARTS) is 1. The van der Waals surface area contributed by atoms with Crippen molar-refractivity contribution in [1.29, 1.82) is 0 Å². The zero-order valence-corrected chi connectivity index (χ0v) is 13.0. The Bertz CT molecular complexity index is 842. The number of halogens is 5.